The van der Waals surface area contributed by atoms with Gasteiger partial charge >= 0.3 is 0 Å². The van der Waals surface area contributed by atoms with E-state index in [0.717, 1.165) is 28.6 Å². The van der Waals surface area contributed by atoms with Gasteiger partial charge in [-0.1, -0.05) is 35.3 Å². The number of rotatable bonds is 6. The van der Waals surface area contributed by atoms with E-state index in [9.17, 15) is 8.42 Å². The Balaban J connectivity index is 1.39. The number of halogens is 2. The molecule has 1 aromatic heterocycles. The molecule has 2 aromatic carbocycles. The van der Waals surface area contributed by atoms with E-state index in [0.29, 0.717) is 31.2 Å². The summed E-state index contributed by atoms with van der Waals surface area (Å²) in [4.78, 5) is 6.96. The van der Waals surface area contributed by atoms with E-state index in [1.807, 2.05) is 24.3 Å². The van der Waals surface area contributed by atoms with E-state index in [1.54, 1.807) is 18.4 Å². The van der Waals surface area contributed by atoms with Gasteiger partial charge in [-0.2, -0.15) is 4.31 Å². The molecule has 2 heterocycles. The van der Waals surface area contributed by atoms with Crippen LogP contribution in [0.25, 0.3) is 0 Å². The first-order valence-corrected chi connectivity index (χ1v) is 12.7. The van der Waals surface area contributed by atoms with Crippen molar-refractivity contribution in [2.75, 3.05) is 38.2 Å². The Hall–Kier alpha value is -1.84. The number of anilines is 1. The highest BCUT2D eigenvalue weighted by Crippen LogP contribution is 2.29. The summed E-state index contributed by atoms with van der Waals surface area (Å²) < 4.78 is 32.6. The van der Waals surface area contributed by atoms with Gasteiger partial charge < -0.3 is 9.64 Å². The van der Waals surface area contributed by atoms with Crippen molar-refractivity contribution >= 4 is 49.7 Å². The number of hydrogen-bond donors (Lipinski definition) is 0. The summed E-state index contributed by atoms with van der Waals surface area (Å²) in [5.74, 6) is 0.829. The first-order valence-electron chi connectivity index (χ1n) is 9.64. The molecule has 1 saturated heterocycles. The molecule has 4 rings (SSSR count). The molecular weight excluding hydrogens is 477 g/mol. The zero-order chi connectivity index (χ0) is 22.0. The lowest BCUT2D eigenvalue weighted by Crippen LogP contribution is -2.48. The van der Waals surface area contributed by atoms with Crippen LogP contribution in [0.4, 0.5) is 5.13 Å². The molecule has 0 unspecified atom stereocenters. The molecule has 6 nitrogen and oxygen atoms in total. The predicted molar refractivity (Wildman–Crippen MR) is 125 cm³/mol. The van der Waals surface area contributed by atoms with Crippen LogP contribution in [0.15, 0.2) is 52.7 Å². The van der Waals surface area contributed by atoms with Crippen molar-refractivity contribution in [2.45, 2.75) is 11.3 Å². The van der Waals surface area contributed by atoms with Crippen LogP contribution < -0.4 is 9.64 Å². The lowest BCUT2D eigenvalue weighted by molar-refractivity contribution is 0.384. The summed E-state index contributed by atoms with van der Waals surface area (Å²) in [7, 11) is -2.02. The third-order valence-electron chi connectivity index (χ3n) is 5.10. The number of hydrogen-bond acceptors (Lipinski definition) is 6. The normalized spacial score (nSPS) is 15.3. The molecular formula is C21H21Cl2N3O3S2. The van der Waals surface area contributed by atoms with E-state index in [1.165, 1.54) is 22.5 Å². The predicted octanol–water partition coefficient (Wildman–Crippen LogP) is 4.56. The van der Waals surface area contributed by atoms with E-state index >= 15 is 0 Å². The third kappa shape index (κ3) is 4.99. The van der Waals surface area contributed by atoms with Crippen LogP contribution in [0.2, 0.25) is 10.0 Å². The molecule has 0 aliphatic carbocycles. The van der Waals surface area contributed by atoms with E-state index in [2.05, 4.69) is 10.3 Å². The summed E-state index contributed by atoms with van der Waals surface area (Å²) in [6, 6.07) is 12.4. The average Bonchev–Trinajstić information content (AvgIpc) is 3.22. The van der Waals surface area contributed by atoms with Gasteiger partial charge in [0.25, 0.3) is 0 Å². The molecule has 31 heavy (non-hydrogen) atoms. The van der Waals surface area contributed by atoms with Crippen molar-refractivity contribution in [3.63, 3.8) is 0 Å². The van der Waals surface area contributed by atoms with Gasteiger partial charge in [0.2, 0.25) is 10.0 Å². The lowest BCUT2D eigenvalue weighted by Gasteiger charge is -2.33. The van der Waals surface area contributed by atoms with E-state index in [-0.39, 0.29) is 9.92 Å². The second-order valence-corrected chi connectivity index (χ2v) is 10.7. The lowest BCUT2D eigenvalue weighted by atomic mass is 10.1. The maximum absolute atomic E-state index is 13.0. The number of ether oxygens (including phenoxy) is 1. The molecule has 164 valence electrons. The molecule has 0 N–H and O–H groups in total. The second kappa shape index (κ2) is 9.34. The van der Waals surface area contributed by atoms with Crippen LogP contribution in [0.5, 0.6) is 5.75 Å². The minimum atomic E-state index is -3.67. The smallest absolute Gasteiger partial charge is 0.244 e. The Kier molecular flexibility index (Phi) is 6.74. The summed E-state index contributed by atoms with van der Waals surface area (Å²) in [6.45, 7) is 1.88. The minimum absolute atomic E-state index is 0.0862. The van der Waals surface area contributed by atoms with Crippen molar-refractivity contribution in [1.29, 1.82) is 0 Å². The molecule has 10 heteroatoms. The molecule has 1 fully saturated rings. The SMILES string of the molecule is COc1ccc(Cc2csc(N3CCN(S(=O)(=O)c4ccc(Cl)cc4Cl)CC3)n2)cc1. The number of sulfonamides is 1. The van der Waals surface area contributed by atoms with Crippen LogP contribution in [0, 0.1) is 0 Å². The van der Waals surface area contributed by atoms with Crippen LogP contribution in [0.1, 0.15) is 11.3 Å². The second-order valence-electron chi connectivity index (χ2n) is 7.11. The molecule has 3 aromatic rings. The Labute approximate surface area is 196 Å². The largest absolute Gasteiger partial charge is 0.497 e. The topological polar surface area (TPSA) is 62.7 Å². The Bertz CT molecular complexity index is 1160. The summed E-state index contributed by atoms with van der Waals surface area (Å²) >= 11 is 13.6. The van der Waals surface area contributed by atoms with Gasteiger partial charge in [0.1, 0.15) is 10.6 Å². The molecule has 0 saturated carbocycles. The fraction of sp³-hybridized carbons (Fsp3) is 0.286. The van der Waals surface area contributed by atoms with Gasteiger partial charge in [-0.25, -0.2) is 13.4 Å². The fourth-order valence-corrected chi connectivity index (χ4v) is 6.47. The standard InChI is InChI=1S/C21H21Cl2N3O3S2/c1-29-18-5-2-15(3-6-18)12-17-14-30-21(24-17)25-8-10-26(11-9-25)31(27,28)20-7-4-16(22)13-19(20)23/h2-7,13-14H,8-12H2,1H3. The Morgan fingerprint density at radius 3 is 2.42 bits per heavy atom. The summed E-state index contributed by atoms with van der Waals surface area (Å²) in [6.07, 6.45) is 0.740. The number of nitrogens with zero attached hydrogens (tertiary/aromatic N) is 3. The van der Waals surface area contributed by atoms with Crippen LogP contribution in [0.3, 0.4) is 0 Å². The highest BCUT2D eigenvalue weighted by molar-refractivity contribution is 7.89. The molecule has 0 radical (unpaired) electrons. The number of benzene rings is 2. The van der Waals surface area contributed by atoms with Crippen molar-refractivity contribution in [2.24, 2.45) is 0 Å². The van der Waals surface area contributed by atoms with E-state index < -0.39 is 10.0 Å². The fourth-order valence-electron chi connectivity index (χ4n) is 3.42. The molecule has 1 aliphatic heterocycles. The highest BCUT2D eigenvalue weighted by atomic mass is 35.5. The maximum atomic E-state index is 13.0. The van der Waals surface area contributed by atoms with Gasteiger partial charge in [0, 0.05) is 43.0 Å². The number of methoxy groups -OCH3 is 1. The molecule has 1 aliphatic rings. The molecule has 0 atom stereocenters. The van der Waals surface area contributed by atoms with Gasteiger partial charge in [-0.3, -0.25) is 0 Å². The maximum Gasteiger partial charge on any atom is 0.244 e. The minimum Gasteiger partial charge on any atom is -0.497 e. The van der Waals surface area contributed by atoms with E-state index in [4.69, 9.17) is 32.9 Å². The Morgan fingerprint density at radius 2 is 1.77 bits per heavy atom. The van der Waals surface area contributed by atoms with Crippen LogP contribution >= 0.6 is 34.5 Å². The monoisotopic (exact) mass is 497 g/mol. The van der Waals surface area contributed by atoms with Gasteiger partial charge in [0.15, 0.2) is 5.13 Å². The number of piperazine rings is 1. The van der Waals surface area contributed by atoms with Gasteiger partial charge in [0.05, 0.1) is 17.8 Å². The van der Waals surface area contributed by atoms with Crippen molar-refractivity contribution in [3.05, 3.63) is 69.1 Å². The van der Waals surface area contributed by atoms with Crippen LogP contribution in [-0.2, 0) is 16.4 Å². The first kappa shape index (κ1) is 22.4. The molecule has 0 spiro atoms. The Morgan fingerprint density at radius 1 is 1.06 bits per heavy atom. The summed E-state index contributed by atoms with van der Waals surface area (Å²) in [5, 5.41) is 3.50. The van der Waals surface area contributed by atoms with Crippen molar-refractivity contribution in [3.8, 4) is 5.75 Å². The highest BCUT2D eigenvalue weighted by Gasteiger charge is 2.30. The number of thiazole rings is 1. The first-order chi connectivity index (χ1) is 14.9. The zero-order valence-electron chi connectivity index (χ0n) is 16.8. The number of aromatic nitrogens is 1. The van der Waals surface area contributed by atoms with Crippen LogP contribution in [-0.4, -0.2) is 51.0 Å². The zero-order valence-corrected chi connectivity index (χ0v) is 19.9. The molecule has 0 amide bonds. The van der Waals surface area contributed by atoms with Gasteiger partial charge in [-0.05, 0) is 35.9 Å². The quantitative estimate of drug-likeness (QED) is 0.499. The van der Waals surface area contributed by atoms with Gasteiger partial charge in [-0.15, -0.1) is 11.3 Å². The van der Waals surface area contributed by atoms with Crippen molar-refractivity contribution < 1.29 is 13.2 Å². The third-order valence-corrected chi connectivity index (χ3v) is 8.67. The average molecular weight is 498 g/mol. The molecule has 0 bridgehead atoms. The van der Waals surface area contributed by atoms with Crippen molar-refractivity contribution in [1.82, 2.24) is 9.29 Å². The summed E-state index contributed by atoms with van der Waals surface area (Å²) in [5.41, 5.74) is 2.15.